The van der Waals surface area contributed by atoms with Gasteiger partial charge >= 0.3 is 12.2 Å². The van der Waals surface area contributed by atoms with E-state index in [0.29, 0.717) is 19.6 Å². The highest BCUT2D eigenvalue weighted by Crippen LogP contribution is 2.46. The number of hydrogen-bond donors (Lipinski definition) is 2. The predicted octanol–water partition coefficient (Wildman–Crippen LogP) is 1.27. The van der Waals surface area contributed by atoms with Crippen molar-refractivity contribution in [2.75, 3.05) is 19.6 Å². The summed E-state index contributed by atoms with van der Waals surface area (Å²) in [5, 5.41) is 18.5. The quantitative estimate of drug-likeness (QED) is 0.628. The maximum Gasteiger partial charge on any atom is 0.514 e. The molecular weight excluding hydrogens is 224 g/mol. The van der Waals surface area contributed by atoms with E-state index in [0.717, 1.165) is 0 Å². The molecule has 0 aromatic carbocycles. The van der Waals surface area contributed by atoms with Crippen molar-refractivity contribution in [3.05, 3.63) is 0 Å². The maximum absolute atomic E-state index is 11.6. The van der Waals surface area contributed by atoms with Gasteiger partial charge in [-0.25, -0.2) is 9.28 Å². The van der Waals surface area contributed by atoms with Gasteiger partial charge in [0.1, 0.15) is 11.6 Å². The summed E-state index contributed by atoms with van der Waals surface area (Å²) in [4.78, 5) is 23.8. The number of carbonyl (C=O) groups is 2. The van der Waals surface area contributed by atoms with Gasteiger partial charge in [0.2, 0.25) is 0 Å². The van der Waals surface area contributed by atoms with Gasteiger partial charge in [-0.05, 0) is 20.8 Å². The van der Waals surface area contributed by atoms with E-state index in [9.17, 15) is 14.7 Å². The fourth-order valence-electron chi connectivity index (χ4n) is 3.33. The molecule has 6 heteroatoms. The van der Waals surface area contributed by atoms with Crippen LogP contribution in [0, 0.1) is 5.92 Å². The topological polar surface area (TPSA) is 77.8 Å². The summed E-state index contributed by atoms with van der Waals surface area (Å²) < 4.78 is -0.0125. The highest BCUT2D eigenvalue weighted by Gasteiger charge is 2.68. The minimum Gasteiger partial charge on any atom is -0.465 e. The zero-order valence-electron chi connectivity index (χ0n) is 10.4. The number of nitrogens with zero attached hydrogens (tertiary/aromatic N) is 2. The van der Waals surface area contributed by atoms with Crippen LogP contribution in [0.25, 0.3) is 0 Å². The van der Waals surface area contributed by atoms with Crippen LogP contribution in [0.15, 0.2) is 0 Å². The van der Waals surface area contributed by atoms with E-state index >= 15 is 0 Å². The fourth-order valence-corrected chi connectivity index (χ4v) is 3.33. The summed E-state index contributed by atoms with van der Waals surface area (Å²) >= 11 is 0. The zero-order chi connectivity index (χ0) is 13.0. The zero-order valence-corrected chi connectivity index (χ0v) is 10.4. The minimum absolute atomic E-state index is 0.0125. The van der Waals surface area contributed by atoms with Gasteiger partial charge in [0.15, 0.2) is 0 Å². The lowest BCUT2D eigenvalue weighted by molar-refractivity contribution is -0.970. The van der Waals surface area contributed by atoms with Crippen molar-refractivity contribution in [1.29, 1.82) is 0 Å². The lowest BCUT2D eigenvalue weighted by Crippen LogP contribution is -2.79. The maximum atomic E-state index is 11.6. The second-order valence-corrected chi connectivity index (χ2v) is 6.02. The van der Waals surface area contributed by atoms with Gasteiger partial charge in [-0.3, -0.25) is 0 Å². The molecule has 2 saturated heterocycles. The lowest BCUT2D eigenvalue weighted by Gasteiger charge is -2.56. The van der Waals surface area contributed by atoms with Crippen LogP contribution in [-0.4, -0.2) is 63.0 Å². The van der Waals surface area contributed by atoms with E-state index in [1.54, 1.807) is 0 Å². The van der Waals surface area contributed by atoms with Crippen molar-refractivity contribution < 1.29 is 24.3 Å². The molecule has 0 bridgehead atoms. The van der Waals surface area contributed by atoms with Crippen molar-refractivity contribution in [1.82, 2.24) is 4.90 Å². The van der Waals surface area contributed by atoms with Gasteiger partial charge in [-0.15, -0.1) is 0 Å². The lowest BCUT2D eigenvalue weighted by atomic mass is 9.81. The number of fused-ring (bicyclic) bond motifs is 1. The van der Waals surface area contributed by atoms with Crippen molar-refractivity contribution in [2.45, 2.75) is 32.4 Å². The largest absolute Gasteiger partial charge is 0.514 e. The number of amides is 2. The Kier molecular flexibility index (Phi) is 2.40. The molecular formula is C11H19N2O4+. The molecule has 6 nitrogen and oxygen atoms in total. The average Bonchev–Trinajstić information content (AvgIpc) is 2.42. The Morgan fingerprint density at radius 3 is 2.24 bits per heavy atom. The number of rotatable bonds is 0. The summed E-state index contributed by atoms with van der Waals surface area (Å²) in [5.74, 6) is 0.196. The summed E-state index contributed by atoms with van der Waals surface area (Å²) in [6.07, 6.45) is -1.79. The Morgan fingerprint density at radius 1 is 1.24 bits per heavy atom. The second kappa shape index (κ2) is 3.35. The van der Waals surface area contributed by atoms with Gasteiger partial charge < -0.3 is 15.1 Å². The highest BCUT2D eigenvalue weighted by molar-refractivity contribution is 5.66. The van der Waals surface area contributed by atoms with E-state index in [1.807, 2.05) is 20.8 Å². The third-order valence-corrected chi connectivity index (χ3v) is 4.30. The number of likely N-dealkylation sites (tertiary alicyclic amines) is 2. The Labute approximate surface area is 100 Å². The van der Waals surface area contributed by atoms with Crippen LogP contribution < -0.4 is 0 Å². The third-order valence-electron chi connectivity index (χ3n) is 4.30. The first-order chi connectivity index (χ1) is 7.70. The standard InChI is InChI=1S/C11H18N2O4/c1-11(2,3)13(10(16)17)6-7-4-12(9(14)15)5-8(7)13/h7-8H,4-6H2,1-3H3,(H-,14,15,16,17)/p+1. The summed E-state index contributed by atoms with van der Waals surface area (Å²) in [7, 11) is 0. The molecule has 0 radical (unpaired) electrons. The van der Waals surface area contributed by atoms with E-state index in [-0.39, 0.29) is 16.4 Å². The first kappa shape index (κ1) is 12.2. The highest BCUT2D eigenvalue weighted by atomic mass is 16.4. The van der Waals surface area contributed by atoms with Crippen molar-refractivity contribution in [3.63, 3.8) is 0 Å². The predicted molar refractivity (Wildman–Crippen MR) is 59.8 cm³/mol. The van der Waals surface area contributed by atoms with E-state index in [1.165, 1.54) is 4.90 Å². The molecule has 2 amide bonds. The van der Waals surface area contributed by atoms with Crippen LogP contribution in [-0.2, 0) is 0 Å². The summed E-state index contributed by atoms with van der Waals surface area (Å²) in [5.41, 5.74) is -0.401. The summed E-state index contributed by atoms with van der Waals surface area (Å²) in [6, 6.07) is -0.0939. The molecule has 0 spiro atoms. The fraction of sp³-hybridized carbons (Fsp3) is 0.818. The Hall–Kier alpha value is -1.30. The molecule has 2 fully saturated rings. The Balaban J connectivity index is 2.26. The number of hydrogen-bond acceptors (Lipinski definition) is 2. The number of carboxylic acid groups (broad SMARTS) is 2. The van der Waals surface area contributed by atoms with E-state index in [2.05, 4.69) is 0 Å². The summed E-state index contributed by atoms with van der Waals surface area (Å²) in [6.45, 7) is 7.06. The van der Waals surface area contributed by atoms with Crippen LogP contribution >= 0.6 is 0 Å². The molecule has 0 aromatic rings. The van der Waals surface area contributed by atoms with E-state index < -0.39 is 17.7 Å². The molecule has 2 rings (SSSR count). The smallest absolute Gasteiger partial charge is 0.465 e. The van der Waals surface area contributed by atoms with Crippen molar-refractivity contribution in [3.8, 4) is 0 Å². The molecule has 96 valence electrons. The van der Waals surface area contributed by atoms with Crippen molar-refractivity contribution in [2.24, 2.45) is 5.92 Å². The second-order valence-electron chi connectivity index (χ2n) is 6.02. The number of quaternary nitrogens is 1. The van der Waals surface area contributed by atoms with Crippen LogP contribution in [0.3, 0.4) is 0 Å². The van der Waals surface area contributed by atoms with Crippen LogP contribution in [0.4, 0.5) is 9.59 Å². The minimum atomic E-state index is -0.947. The molecule has 0 aliphatic carbocycles. The van der Waals surface area contributed by atoms with Crippen LogP contribution in [0.5, 0.6) is 0 Å². The van der Waals surface area contributed by atoms with Crippen molar-refractivity contribution >= 4 is 12.2 Å². The molecule has 0 aromatic heterocycles. The van der Waals surface area contributed by atoms with Gasteiger partial charge in [-0.1, -0.05) is 0 Å². The molecule has 2 heterocycles. The van der Waals surface area contributed by atoms with Gasteiger partial charge in [0, 0.05) is 6.54 Å². The van der Waals surface area contributed by atoms with E-state index in [4.69, 9.17) is 5.11 Å². The monoisotopic (exact) mass is 243 g/mol. The first-order valence-electron chi connectivity index (χ1n) is 5.79. The molecule has 3 atom stereocenters. The van der Waals surface area contributed by atoms with Gasteiger partial charge in [0.25, 0.3) is 0 Å². The molecule has 3 unspecified atom stereocenters. The molecule has 2 aliphatic rings. The Bertz CT molecular complexity index is 376. The SMILES string of the molecule is CC(C)(C)[N+]1(C(=O)O)CC2CN(C(=O)O)CC21. The van der Waals surface area contributed by atoms with Gasteiger partial charge in [0.05, 0.1) is 19.0 Å². The molecule has 2 aliphatic heterocycles. The third kappa shape index (κ3) is 1.43. The van der Waals surface area contributed by atoms with Crippen LogP contribution in [0.1, 0.15) is 20.8 Å². The normalized spacial score (nSPS) is 36.3. The first-order valence-corrected chi connectivity index (χ1v) is 5.79. The van der Waals surface area contributed by atoms with Gasteiger partial charge in [-0.2, -0.15) is 4.79 Å². The molecule has 0 saturated carbocycles. The Morgan fingerprint density at radius 2 is 1.82 bits per heavy atom. The molecule has 2 N–H and O–H groups in total. The molecule has 17 heavy (non-hydrogen) atoms. The average molecular weight is 243 g/mol. The van der Waals surface area contributed by atoms with Crippen LogP contribution in [0.2, 0.25) is 0 Å².